The Balaban J connectivity index is 1.53. The fraction of sp³-hybridized carbons (Fsp3) is 0.273. The van der Waals surface area contributed by atoms with Crippen LogP contribution in [0.15, 0.2) is 54.6 Å². The largest absolute Gasteiger partial charge is 0.491 e. The molecule has 3 rings (SSSR count). The number of aromatic nitrogens is 2. The second-order valence-electron chi connectivity index (χ2n) is 6.68. The Morgan fingerprint density at radius 3 is 2.55 bits per heavy atom. The van der Waals surface area contributed by atoms with Crippen molar-refractivity contribution < 1.29 is 14.3 Å². The van der Waals surface area contributed by atoms with Gasteiger partial charge in [-0.25, -0.2) is 9.48 Å². The molecule has 0 aliphatic rings. The normalized spacial score (nSPS) is 10.6. The number of hydrogen-bond donors (Lipinski definition) is 2. The molecule has 0 aliphatic heterocycles. The van der Waals surface area contributed by atoms with Crippen LogP contribution in [0, 0.1) is 13.8 Å². The SMILES string of the molecule is COCCOc1ccc(CNC(=O)Nc2cccc(-n3nc(C)cc3C)c2)cc1. The van der Waals surface area contributed by atoms with Crippen LogP contribution >= 0.6 is 0 Å². The second kappa shape index (κ2) is 9.75. The molecule has 0 spiro atoms. The summed E-state index contributed by atoms with van der Waals surface area (Å²) in [7, 11) is 1.64. The van der Waals surface area contributed by atoms with Crippen LogP contribution in [0.25, 0.3) is 5.69 Å². The maximum atomic E-state index is 12.3. The number of rotatable bonds is 8. The molecule has 0 bridgehead atoms. The zero-order valence-electron chi connectivity index (χ0n) is 16.9. The topological polar surface area (TPSA) is 77.4 Å². The van der Waals surface area contributed by atoms with Gasteiger partial charge in [-0.1, -0.05) is 18.2 Å². The quantitative estimate of drug-likeness (QED) is 0.569. The van der Waals surface area contributed by atoms with E-state index in [1.807, 2.05) is 73.1 Å². The summed E-state index contributed by atoms with van der Waals surface area (Å²) in [5.41, 5.74) is 4.58. The third-order valence-electron chi connectivity index (χ3n) is 4.29. The van der Waals surface area contributed by atoms with E-state index >= 15 is 0 Å². The molecular weight excluding hydrogens is 368 g/mol. The number of carbonyl (C=O) groups is 1. The standard InChI is InChI=1S/C22H26N4O3/c1-16-13-17(2)26(25-16)20-6-4-5-19(14-20)24-22(27)23-15-18-7-9-21(10-8-18)29-12-11-28-3/h4-10,13-14H,11-12,15H2,1-3H3,(H2,23,24,27). The number of methoxy groups -OCH3 is 1. The van der Waals surface area contributed by atoms with Crippen LogP contribution in [0.1, 0.15) is 17.0 Å². The maximum Gasteiger partial charge on any atom is 0.319 e. The number of aryl methyl sites for hydroxylation is 2. The number of amides is 2. The molecule has 152 valence electrons. The highest BCUT2D eigenvalue weighted by Crippen LogP contribution is 2.17. The molecule has 0 fully saturated rings. The number of urea groups is 1. The Labute approximate surface area is 170 Å². The third-order valence-corrected chi connectivity index (χ3v) is 4.29. The highest BCUT2D eigenvalue weighted by Gasteiger charge is 2.07. The van der Waals surface area contributed by atoms with Crippen LogP contribution in [-0.4, -0.2) is 36.1 Å². The highest BCUT2D eigenvalue weighted by atomic mass is 16.5. The van der Waals surface area contributed by atoms with Crippen molar-refractivity contribution in [2.75, 3.05) is 25.6 Å². The number of nitrogens with one attached hydrogen (secondary N) is 2. The van der Waals surface area contributed by atoms with Gasteiger partial charge in [0.25, 0.3) is 0 Å². The van der Waals surface area contributed by atoms with Crippen LogP contribution in [0.4, 0.5) is 10.5 Å². The second-order valence-corrected chi connectivity index (χ2v) is 6.68. The lowest BCUT2D eigenvalue weighted by Gasteiger charge is -2.11. The first-order valence-corrected chi connectivity index (χ1v) is 9.44. The van der Waals surface area contributed by atoms with Gasteiger partial charge in [0, 0.05) is 25.0 Å². The summed E-state index contributed by atoms with van der Waals surface area (Å²) in [5.74, 6) is 0.774. The van der Waals surface area contributed by atoms with Gasteiger partial charge in [0.15, 0.2) is 0 Å². The van der Waals surface area contributed by atoms with Gasteiger partial charge in [-0.15, -0.1) is 0 Å². The molecule has 2 aromatic carbocycles. The molecule has 1 aromatic heterocycles. The van der Waals surface area contributed by atoms with E-state index in [4.69, 9.17) is 9.47 Å². The van der Waals surface area contributed by atoms with Crippen LogP contribution in [0.3, 0.4) is 0 Å². The first-order chi connectivity index (χ1) is 14.0. The minimum Gasteiger partial charge on any atom is -0.491 e. The van der Waals surface area contributed by atoms with Crippen LogP contribution in [0.2, 0.25) is 0 Å². The number of hydrogen-bond acceptors (Lipinski definition) is 4. The molecule has 0 radical (unpaired) electrons. The van der Waals surface area contributed by atoms with E-state index < -0.39 is 0 Å². The van der Waals surface area contributed by atoms with E-state index in [1.54, 1.807) is 7.11 Å². The van der Waals surface area contributed by atoms with Crippen molar-refractivity contribution in [3.05, 3.63) is 71.5 Å². The van der Waals surface area contributed by atoms with E-state index in [9.17, 15) is 4.79 Å². The molecular formula is C22H26N4O3. The van der Waals surface area contributed by atoms with Crippen molar-refractivity contribution in [2.24, 2.45) is 0 Å². The van der Waals surface area contributed by atoms with Gasteiger partial charge in [-0.3, -0.25) is 0 Å². The first-order valence-electron chi connectivity index (χ1n) is 9.44. The number of ether oxygens (including phenoxy) is 2. The molecule has 29 heavy (non-hydrogen) atoms. The van der Waals surface area contributed by atoms with Crippen LogP contribution in [0.5, 0.6) is 5.75 Å². The Hall–Kier alpha value is -3.32. The molecule has 1 heterocycles. The third kappa shape index (κ3) is 5.83. The lowest BCUT2D eigenvalue weighted by Crippen LogP contribution is -2.28. The molecule has 0 aliphatic carbocycles. The van der Waals surface area contributed by atoms with E-state index in [0.717, 1.165) is 28.4 Å². The number of carbonyl (C=O) groups excluding carboxylic acids is 1. The van der Waals surface area contributed by atoms with Gasteiger partial charge >= 0.3 is 6.03 Å². The molecule has 7 heteroatoms. The summed E-state index contributed by atoms with van der Waals surface area (Å²) in [5, 5.41) is 10.2. The Kier molecular flexibility index (Phi) is 6.86. The summed E-state index contributed by atoms with van der Waals surface area (Å²) in [4.78, 5) is 12.3. The predicted molar refractivity (Wildman–Crippen MR) is 113 cm³/mol. The van der Waals surface area contributed by atoms with Gasteiger partial charge in [0.1, 0.15) is 12.4 Å². The molecule has 0 saturated carbocycles. The average molecular weight is 394 g/mol. The van der Waals surface area contributed by atoms with Gasteiger partial charge in [-0.2, -0.15) is 5.10 Å². The van der Waals surface area contributed by atoms with E-state index in [-0.39, 0.29) is 6.03 Å². The Morgan fingerprint density at radius 1 is 1.07 bits per heavy atom. The average Bonchev–Trinajstić information content (AvgIpc) is 3.06. The summed E-state index contributed by atoms with van der Waals surface area (Å²) in [6, 6.07) is 16.9. The maximum absolute atomic E-state index is 12.3. The lowest BCUT2D eigenvalue weighted by molar-refractivity contribution is 0.146. The molecule has 0 saturated heterocycles. The summed E-state index contributed by atoms with van der Waals surface area (Å²) in [6.45, 7) is 5.43. The monoisotopic (exact) mass is 394 g/mol. The minimum atomic E-state index is -0.268. The minimum absolute atomic E-state index is 0.268. The Bertz CT molecular complexity index is 951. The van der Waals surface area contributed by atoms with Crippen molar-refractivity contribution in [3.63, 3.8) is 0 Å². The molecule has 0 unspecified atom stereocenters. The molecule has 2 N–H and O–H groups in total. The van der Waals surface area contributed by atoms with Gasteiger partial charge in [0.05, 0.1) is 18.0 Å². The van der Waals surface area contributed by atoms with Crippen molar-refractivity contribution in [3.8, 4) is 11.4 Å². The zero-order chi connectivity index (χ0) is 20.6. The fourth-order valence-electron chi connectivity index (χ4n) is 2.91. The number of nitrogens with zero attached hydrogens (tertiary/aromatic N) is 2. The van der Waals surface area contributed by atoms with Crippen LogP contribution in [-0.2, 0) is 11.3 Å². The predicted octanol–water partition coefficient (Wildman–Crippen LogP) is 3.84. The summed E-state index contributed by atoms with van der Waals surface area (Å²) in [6.07, 6.45) is 0. The molecule has 2 amide bonds. The van der Waals surface area contributed by atoms with Gasteiger partial charge in [0.2, 0.25) is 0 Å². The van der Waals surface area contributed by atoms with Crippen molar-refractivity contribution in [1.82, 2.24) is 15.1 Å². The van der Waals surface area contributed by atoms with E-state index in [0.29, 0.717) is 25.4 Å². The number of benzene rings is 2. The zero-order valence-corrected chi connectivity index (χ0v) is 16.9. The molecule has 3 aromatic rings. The fourth-order valence-corrected chi connectivity index (χ4v) is 2.91. The molecule has 0 atom stereocenters. The lowest BCUT2D eigenvalue weighted by atomic mass is 10.2. The Morgan fingerprint density at radius 2 is 1.86 bits per heavy atom. The van der Waals surface area contributed by atoms with Gasteiger partial charge < -0.3 is 20.1 Å². The van der Waals surface area contributed by atoms with Crippen molar-refractivity contribution >= 4 is 11.7 Å². The van der Waals surface area contributed by atoms with E-state index in [2.05, 4.69) is 15.7 Å². The van der Waals surface area contributed by atoms with Gasteiger partial charge in [-0.05, 0) is 55.8 Å². The van der Waals surface area contributed by atoms with Crippen molar-refractivity contribution in [1.29, 1.82) is 0 Å². The number of anilines is 1. The van der Waals surface area contributed by atoms with E-state index in [1.165, 1.54) is 0 Å². The van der Waals surface area contributed by atoms with Crippen LogP contribution < -0.4 is 15.4 Å². The smallest absolute Gasteiger partial charge is 0.319 e. The van der Waals surface area contributed by atoms with Crippen molar-refractivity contribution in [2.45, 2.75) is 20.4 Å². The first kappa shape index (κ1) is 20.4. The summed E-state index contributed by atoms with van der Waals surface area (Å²) < 4.78 is 12.3. The summed E-state index contributed by atoms with van der Waals surface area (Å²) >= 11 is 0. The molecule has 7 nitrogen and oxygen atoms in total. The highest BCUT2D eigenvalue weighted by molar-refractivity contribution is 5.89.